The summed E-state index contributed by atoms with van der Waals surface area (Å²) in [6.45, 7) is 4.19. The Morgan fingerprint density at radius 3 is 3.08 bits per heavy atom. The molecule has 1 fully saturated rings. The first-order valence-electron chi connectivity index (χ1n) is 4.63. The van der Waals surface area contributed by atoms with Gasteiger partial charge >= 0.3 is 0 Å². The molecule has 1 saturated heterocycles. The fourth-order valence-electron chi connectivity index (χ4n) is 1.41. The molecule has 1 aliphatic heterocycles. The van der Waals surface area contributed by atoms with E-state index in [4.69, 9.17) is 4.74 Å². The van der Waals surface area contributed by atoms with E-state index in [1.807, 2.05) is 0 Å². The molecule has 0 aromatic heterocycles. The Morgan fingerprint density at radius 2 is 2.50 bits per heavy atom. The minimum Gasteiger partial charge on any atom is -0.384 e. The molecule has 0 spiro atoms. The third-order valence-corrected chi connectivity index (χ3v) is 3.30. The molecule has 0 radical (unpaired) electrons. The van der Waals surface area contributed by atoms with E-state index in [0.717, 1.165) is 19.2 Å². The zero-order chi connectivity index (χ0) is 8.81. The van der Waals surface area contributed by atoms with Crippen LogP contribution >= 0.6 is 11.8 Å². The van der Waals surface area contributed by atoms with Gasteiger partial charge in [-0.05, 0) is 18.1 Å². The van der Waals surface area contributed by atoms with E-state index in [1.54, 1.807) is 7.11 Å². The first-order chi connectivity index (χ1) is 5.83. The molecule has 0 amide bonds. The van der Waals surface area contributed by atoms with Crippen molar-refractivity contribution in [3.8, 4) is 0 Å². The molecule has 0 aliphatic carbocycles. The van der Waals surface area contributed by atoms with Crippen molar-refractivity contribution in [2.24, 2.45) is 5.92 Å². The van der Waals surface area contributed by atoms with Gasteiger partial charge in [-0.1, -0.05) is 6.92 Å². The van der Waals surface area contributed by atoms with Crippen molar-refractivity contribution in [2.45, 2.75) is 19.4 Å². The maximum Gasteiger partial charge on any atom is 0.0499 e. The van der Waals surface area contributed by atoms with Crippen LogP contribution in [0.3, 0.4) is 0 Å². The van der Waals surface area contributed by atoms with E-state index in [9.17, 15) is 0 Å². The fraction of sp³-hybridized carbons (Fsp3) is 1.00. The predicted octanol–water partition coefficient (Wildman–Crippen LogP) is 1.36. The molecular weight excluding hydrogens is 170 g/mol. The minimum absolute atomic E-state index is 0.639. The summed E-state index contributed by atoms with van der Waals surface area (Å²) in [4.78, 5) is 0. The number of rotatable bonds is 5. The summed E-state index contributed by atoms with van der Waals surface area (Å²) < 4.78 is 5.07. The van der Waals surface area contributed by atoms with Gasteiger partial charge in [0, 0.05) is 32.1 Å². The Hall–Kier alpha value is 0.270. The quantitative estimate of drug-likeness (QED) is 0.705. The van der Waals surface area contributed by atoms with Gasteiger partial charge in [-0.15, -0.1) is 0 Å². The van der Waals surface area contributed by atoms with Crippen LogP contribution in [-0.2, 0) is 4.74 Å². The van der Waals surface area contributed by atoms with E-state index >= 15 is 0 Å². The zero-order valence-electron chi connectivity index (χ0n) is 8.01. The summed E-state index contributed by atoms with van der Waals surface area (Å²) in [7, 11) is 1.77. The number of hydrogen-bond donors (Lipinski definition) is 1. The predicted molar refractivity (Wildman–Crippen MR) is 54.8 cm³/mol. The molecule has 72 valence electrons. The van der Waals surface area contributed by atoms with Crippen molar-refractivity contribution in [2.75, 3.05) is 31.8 Å². The van der Waals surface area contributed by atoms with Crippen molar-refractivity contribution >= 4 is 11.8 Å². The SMILES string of the molecule is COCC(C)CNC1CCSC1. The first-order valence-corrected chi connectivity index (χ1v) is 5.78. The van der Waals surface area contributed by atoms with Gasteiger partial charge in [0.1, 0.15) is 0 Å². The Kier molecular flexibility index (Phi) is 5.04. The van der Waals surface area contributed by atoms with Crippen LogP contribution in [0.15, 0.2) is 0 Å². The van der Waals surface area contributed by atoms with Gasteiger partial charge in [-0.25, -0.2) is 0 Å². The van der Waals surface area contributed by atoms with Crippen LogP contribution < -0.4 is 5.32 Å². The molecular formula is C9H19NOS. The van der Waals surface area contributed by atoms with E-state index in [-0.39, 0.29) is 0 Å². The van der Waals surface area contributed by atoms with Crippen molar-refractivity contribution in [3.63, 3.8) is 0 Å². The maximum absolute atomic E-state index is 5.07. The molecule has 2 nitrogen and oxygen atoms in total. The molecule has 2 atom stereocenters. The van der Waals surface area contributed by atoms with E-state index in [2.05, 4.69) is 24.0 Å². The number of nitrogens with one attached hydrogen (secondary N) is 1. The maximum atomic E-state index is 5.07. The molecule has 1 heterocycles. The van der Waals surface area contributed by atoms with Crippen molar-refractivity contribution < 1.29 is 4.74 Å². The molecule has 1 rings (SSSR count). The van der Waals surface area contributed by atoms with Gasteiger partial charge in [-0.3, -0.25) is 0 Å². The molecule has 1 aliphatic rings. The standard InChI is InChI=1S/C9H19NOS/c1-8(6-11-2)5-10-9-3-4-12-7-9/h8-10H,3-7H2,1-2H3. The lowest BCUT2D eigenvalue weighted by atomic mass is 10.2. The lowest BCUT2D eigenvalue weighted by molar-refractivity contribution is 0.157. The topological polar surface area (TPSA) is 21.3 Å². The summed E-state index contributed by atoms with van der Waals surface area (Å²) in [6.07, 6.45) is 1.34. The highest BCUT2D eigenvalue weighted by atomic mass is 32.2. The monoisotopic (exact) mass is 189 g/mol. The summed E-state index contributed by atoms with van der Waals surface area (Å²) in [5.41, 5.74) is 0. The van der Waals surface area contributed by atoms with Crippen LogP contribution in [0.2, 0.25) is 0 Å². The van der Waals surface area contributed by atoms with Gasteiger partial charge in [0.2, 0.25) is 0 Å². The van der Waals surface area contributed by atoms with Crippen LogP contribution in [0.1, 0.15) is 13.3 Å². The smallest absolute Gasteiger partial charge is 0.0499 e. The van der Waals surface area contributed by atoms with Crippen molar-refractivity contribution in [1.82, 2.24) is 5.32 Å². The normalized spacial score (nSPS) is 26.0. The molecule has 12 heavy (non-hydrogen) atoms. The summed E-state index contributed by atoms with van der Waals surface area (Å²) in [6, 6.07) is 0.759. The zero-order valence-corrected chi connectivity index (χ0v) is 8.82. The summed E-state index contributed by atoms with van der Waals surface area (Å²) in [5.74, 6) is 3.26. The molecule has 0 saturated carbocycles. The second-order valence-electron chi connectivity index (χ2n) is 3.53. The van der Waals surface area contributed by atoms with Gasteiger partial charge in [0.25, 0.3) is 0 Å². The van der Waals surface area contributed by atoms with Crippen LogP contribution in [0.4, 0.5) is 0 Å². The molecule has 1 N–H and O–H groups in total. The van der Waals surface area contributed by atoms with Crippen LogP contribution in [0.5, 0.6) is 0 Å². The molecule has 0 aromatic carbocycles. The lowest BCUT2D eigenvalue weighted by Crippen LogP contribution is -2.33. The van der Waals surface area contributed by atoms with E-state index in [0.29, 0.717) is 5.92 Å². The third kappa shape index (κ3) is 3.78. The number of methoxy groups -OCH3 is 1. The summed E-state index contributed by atoms with van der Waals surface area (Å²) in [5, 5.41) is 3.57. The van der Waals surface area contributed by atoms with Gasteiger partial charge in [0.15, 0.2) is 0 Å². The highest BCUT2D eigenvalue weighted by Crippen LogP contribution is 2.16. The van der Waals surface area contributed by atoms with Crippen LogP contribution in [-0.4, -0.2) is 37.8 Å². The fourth-order valence-corrected chi connectivity index (χ4v) is 2.59. The highest BCUT2D eigenvalue weighted by molar-refractivity contribution is 7.99. The Balaban J connectivity index is 1.99. The molecule has 0 aromatic rings. The minimum atomic E-state index is 0.639. The molecule has 0 bridgehead atoms. The summed E-state index contributed by atoms with van der Waals surface area (Å²) >= 11 is 2.05. The Bertz CT molecular complexity index is 115. The molecule has 3 heteroatoms. The number of ether oxygens (including phenoxy) is 1. The van der Waals surface area contributed by atoms with Crippen molar-refractivity contribution in [1.29, 1.82) is 0 Å². The van der Waals surface area contributed by atoms with Gasteiger partial charge in [0.05, 0.1) is 0 Å². The van der Waals surface area contributed by atoms with Gasteiger partial charge < -0.3 is 10.1 Å². The van der Waals surface area contributed by atoms with E-state index in [1.165, 1.54) is 17.9 Å². The lowest BCUT2D eigenvalue weighted by Gasteiger charge is -2.15. The van der Waals surface area contributed by atoms with Crippen molar-refractivity contribution in [3.05, 3.63) is 0 Å². The highest BCUT2D eigenvalue weighted by Gasteiger charge is 2.15. The third-order valence-electron chi connectivity index (χ3n) is 2.14. The van der Waals surface area contributed by atoms with Crippen LogP contribution in [0.25, 0.3) is 0 Å². The van der Waals surface area contributed by atoms with Gasteiger partial charge in [-0.2, -0.15) is 11.8 Å². The van der Waals surface area contributed by atoms with E-state index < -0.39 is 0 Å². The Labute approximate surface area is 79.4 Å². The largest absolute Gasteiger partial charge is 0.384 e. The Morgan fingerprint density at radius 1 is 1.67 bits per heavy atom. The van der Waals surface area contributed by atoms with Crippen LogP contribution in [0, 0.1) is 5.92 Å². The second-order valence-corrected chi connectivity index (χ2v) is 4.68. The first kappa shape index (κ1) is 10.4. The average Bonchev–Trinajstić information content (AvgIpc) is 2.53. The number of hydrogen-bond acceptors (Lipinski definition) is 3. The average molecular weight is 189 g/mol. The second kappa shape index (κ2) is 5.84. The molecule has 2 unspecified atom stereocenters. The number of thioether (sulfide) groups is 1.